The number of rotatable bonds is 4. The summed E-state index contributed by atoms with van der Waals surface area (Å²) in [6, 6.07) is 11.5. The number of pyridine rings is 1. The third kappa shape index (κ3) is 4.34. The van der Waals surface area contributed by atoms with Crippen molar-refractivity contribution in [3.8, 4) is 11.8 Å². The normalized spacial score (nSPS) is 16.6. The van der Waals surface area contributed by atoms with Crippen LogP contribution in [0.3, 0.4) is 0 Å². The fourth-order valence-electron chi connectivity index (χ4n) is 4.31. The highest BCUT2D eigenvalue weighted by molar-refractivity contribution is 6.12. The van der Waals surface area contributed by atoms with Crippen LogP contribution in [0.15, 0.2) is 42.6 Å². The minimum absolute atomic E-state index is 0.140. The van der Waals surface area contributed by atoms with Crippen LogP contribution < -0.4 is 10.2 Å². The van der Waals surface area contributed by atoms with Crippen LogP contribution in [-0.2, 0) is 0 Å². The summed E-state index contributed by atoms with van der Waals surface area (Å²) in [4.78, 5) is 22.0. The Hall–Kier alpha value is -2.84. The van der Waals surface area contributed by atoms with Gasteiger partial charge in [0.1, 0.15) is 11.4 Å². The zero-order valence-corrected chi connectivity index (χ0v) is 17.9. The lowest BCUT2D eigenvalue weighted by Gasteiger charge is -2.36. The molecule has 0 radical (unpaired) electrons. The molecule has 1 aromatic carbocycles. The van der Waals surface area contributed by atoms with E-state index in [-0.39, 0.29) is 5.91 Å². The summed E-state index contributed by atoms with van der Waals surface area (Å²) in [5, 5.41) is 3.02. The van der Waals surface area contributed by atoms with Gasteiger partial charge in [0.15, 0.2) is 0 Å². The van der Waals surface area contributed by atoms with Gasteiger partial charge in [-0.05, 0) is 77.0 Å². The predicted octanol–water partition coefficient (Wildman–Crippen LogP) is 4.83. The van der Waals surface area contributed by atoms with E-state index < -0.39 is 5.54 Å². The third-order valence-electron chi connectivity index (χ3n) is 5.81. The van der Waals surface area contributed by atoms with Crippen molar-refractivity contribution in [2.45, 2.75) is 51.5 Å². The van der Waals surface area contributed by atoms with Crippen molar-refractivity contribution in [3.63, 3.8) is 0 Å². The number of anilines is 3. The molecule has 1 fully saturated rings. The highest BCUT2D eigenvalue weighted by atomic mass is 16.1. The second-order valence-electron chi connectivity index (χ2n) is 8.55. The van der Waals surface area contributed by atoms with Crippen molar-refractivity contribution >= 4 is 23.1 Å². The average Bonchev–Trinajstić information content (AvgIpc) is 2.88. The van der Waals surface area contributed by atoms with E-state index in [4.69, 9.17) is 0 Å². The summed E-state index contributed by atoms with van der Waals surface area (Å²) in [6.07, 6.45) is 7.72. The number of carbonyl (C=O) groups is 1. The highest BCUT2D eigenvalue weighted by Crippen LogP contribution is 2.40. The number of hydrogen-bond donors (Lipinski definition) is 1. The molecule has 1 aromatic heterocycles. The molecule has 0 bridgehead atoms. The van der Waals surface area contributed by atoms with Crippen LogP contribution in [0, 0.1) is 11.8 Å². The number of carbonyl (C=O) groups excluding carboxylic acids is 1. The molecule has 30 heavy (non-hydrogen) atoms. The number of amides is 1. The van der Waals surface area contributed by atoms with Gasteiger partial charge in [-0.15, -0.1) is 5.92 Å². The quantitative estimate of drug-likeness (QED) is 0.588. The molecule has 156 valence electrons. The molecule has 1 saturated heterocycles. The molecular weight excluding hydrogens is 372 g/mol. The van der Waals surface area contributed by atoms with Crippen LogP contribution in [0.4, 0.5) is 17.2 Å². The van der Waals surface area contributed by atoms with Gasteiger partial charge in [0.2, 0.25) is 0 Å². The predicted molar refractivity (Wildman–Crippen MR) is 122 cm³/mol. The van der Waals surface area contributed by atoms with E-state index in [0.717, 1.165) is 30.8 Å². The van der Waals surface area contributed by atoms with Crippen molar-refractivity contribution in [3.05, 3.63) is 48.2 Å². The molecule has 4 rings (SSSR count). The van der Waals surface area contributed by atoms with Gasteiger partial charge in [0, 0.05) is 12.6 Å². The molecule has 0 aliphatic carbocycles. The Morgan fingerprint density at radius 1 is 1.10 bits per heavy atom. The summed E-state index contributed by atoms with van der Waals surface area (Å²) in [5.41, 5.74) is 1.74. The second kappa shape index (κ2) is 8.89. The largest absolute Gasteiger partial charge is 0.320 e. The fourth-order valence-corrected chi connectivity index (χ4v) is 4.31. The minimum atomic E-state index is -0.517. The van der Waals surface area contributed by atoms with Crippen LogP contribution in [0.25, 0.3) is 0 Å². The molecule has 2 aromatic rings. The Kier molecular flexibility index (Phi) is 6.06. The van der Waals surface area contributed by atoms with Crippen LogP contribution >= 0.6 is 0 Å². The van der Waals surface area contributed by atoms with Crippen molar-refractivity contribution < 1.29 is 4.79 Å². The zero-order chi connectivity index (χ0) is 21.0. The Morgan fingerprint density at radius 2 is 1.90 bits per heavy atom. The van der Waals surface area contributed by atoms with Crippen molar-refractivity contribution in [2.24, 2.45) is 0 Å². The lowest BCUT2D eigenvalue weighted by molar-refractivity contribution is 0.102. The molecule has 5 nitrogen and oxygen atoms in total. The smallest absolute Gasteiger partial charge is 0.259 e. The van der Waals surface area contributed by atoms with Gasteiger partial charge < -0.3 is 15.1 Å². The number of unbranched alkanes of at least 4 members (excludes halogenated alkanes) is 1. The van der Waals surface area contributed by atoms with Crippen molar-refractivity contribution in [1.82, 2.24) is 9.88 Å². The van der Waals surface area contributed by atoms with Crippen LogP contribution in [-0.4, -0.2) is 41.0 Å². The van der Waals surface area contributed by atoms with Gasteiger partial charge >= 0.3 is 0 Å². The standard InChI is InChI=1S/C25H30N4O/c1-25(2,15-7-3-8-17-28-18-9-4-10-19-28)29-22-14-6-5-13-21(22)27-24(30)20-12-11-16-26-23(20)29/h5-6,11-14,16H,3-4,8-10,17-19H2,1-2H3,(H,27,30). The van der Waals surface area contributed by atoms with Gasteiger partial charge in [-0.1, -0.05) is 24.5 Å². The Balaban J connectivity index is 1.57. The van der Waals surface area contributed by atoms with Crippen molar-refractivity contribution in [1.29, 1.82) is 0 Å². The number of benzene rings is 1. The molecule has 0 saturated carbocycles. The zero-order valence-electron chi connectivity index (χ0n) is 17.9. The van der Waals surface area contributed by atoms with Crippen molar-refractivity contribution in [2.75, 3.05) is 29.9 Å². The molecule has 5 heteroatoms. The first kappa shape index (κ1) is 20.4. The number of piperidine rings is 1. The second-order valence-corrected chi connectivity index (χ2v) is 8.55. The SMILES string of the molecule is CC(C)(C#CCCCN1CCCCC1)N1c2ccccc2NC(=O)c2cccnc21. The van der Waals surface area contributed by atoms with Crippen LogP contribution in [0.2, 0.25) is 0 Å². The molecule has 0 atom stereocenters. The van der Waals surface area contributed by atoms with E-state index in [1.54, 1.807) is 12.3 Å². The molecule has 2 aliphatic rings. The lowest BCUT2D eigenvalue weighted by atomic mass is 10.0. The van der Waals surface area contributed by atoms with Gasteiger partial charge in [0.25, 0.3) is 5.91 Å². The maximum absolute atomic E-state index is 12.8. The van der Waals surface area contributed by atoms with Crippen LogP contribution in [0.1, 0.15) is 56.3 Å². The minimum Gasteiger partial charge on any atom is -0.320 e. The number of nitrogens with one attached hydrogen (secondary N) is 1. The summed E-state index contributed by atoms with van der Waals surface area (Å²) in [7, 11) is 0. The number of fused-ring (bicyclic) bond motifs is 2. The first-order valence-electron chi connectivity index (χ1n) is 10.9. The number of nitrogens with zero attached hydrogens (tertiary/aromatic N) is 3. The molecule has 3 heterocycles. The first-order valence-corrected chi connectivity index (χ1v) is 10.9. The van der Waals surface area contributed by atoms with E-state index in [2.05, 4.69) is 45.8 Å². The fraction of sp³-hybridized carbons (Fsp3) is 0.440. The highest BCUT2D eigenvalue weighted by Gasteiger charge is 2.34. The third-order valence-corrected chi connectivity index (χ3v) is 5.81. The maximum atomic E-state index is 12.8. The average molecular weight is 403 g/mol. The molecule has 0 spiro atoms. The summed E-state index contributed by atoms with van der Waals surface area (Å²) in [5.74, 6) is 7.38. The Morgan fingerprint density at radius 3 is 2.73 bits per heavy atom. The summed E-state index contributed by atoms with van der Waals surface area (Å²) >= 11 is 0. The van der Waals surface area contributed by atoms with Gasteiger partial charge in [0.05, 0.1) is 16.9 Å². The first-order chi connectivity index (χ1) is 14.6. The van der Waals surface area contributed by atoms with Crippen LogP contribution in [0.5, 0.6) is 0 Å². The molecule has 2 aliphatic heterocycles. The topological polar surface area (TPSA) is 48.5 Å². The molecular formula is C25H30N4O. The number of para-hydroxylation sites is 2. The molecule has 1 N–H and O–H groups in total. The van der Waals surface area contributed by atoms with E-state index in [0.29, 0.717) is 11.4 Å². The number of likely N-dealkylation sites (tertiary alicyclic amines) is 1. The molecule has 1 amide bonds. The molecule has 0 unspecified atom stereocenters. The monoisotopic (exact) mass is 402 g/mol. The van der Waals surface area contributed by atoms with E-state index in [9.17, 15) is 4.79 Å². The Bertz CT molecular complexity index is 966. The Labute approximate surface area is 179 Å². The van der Waals surface area contributed by atoms with Gasteiger partial charge in [-0.25, -0.2) is 4.98 Å². The summed E-state index contributed by atoms with van der Waals surface area (Å²) in [6.45, 7) is 7.77. The number of aromatic nitrogens is 1. The lowest BCUT2D eigenvalue weighted by Crippen LogP contribution is -2.40. The van der Waals surface area contributed by atoms with E-state index >= 15 is 0 Å². The van der Waals surface area contributed by atoms with Gasteiger partial charge in [-0.3, -0.25) is 4.79 Å². The van der Waals surface area contributed by atoms with Gasteiger partial charge in [-0.2, -0.15) is 0 Å². The number of hydrogen-bond acceptors (Lipinski definition) is 4. The van der Waals surface area contributed by atoms with E-state index in [1.807, 2.05) is 30.3 Å². The maximum Gasteiger partial charge on any atom is 0.259 e. The van der Waals surface area contributed by atoms with E-state index in [1.165, 1.54) is 32.4 Å². The summed E-state index contributed by atoms with van der Waals surface area (Å²) < 4.78 is 0.